The van der Waals surface area contributed by atoms with Gasteiger partial charge < -0.3 is 10.6 Å². The molecule has 0 heterocycles. The Labute approximate surface area is 177 Å². The number of hydrogen-bond acceptors (Lipinski definition) is 2. The fourth-order valence-corrected chi connectivity index (χ4v) is 4.35. The van der Waals surface area contributed by atoms with Crippen LogP contribution in [0.3, 0.4) is 0 Å². The number of hydrogen-bond donors (Lipinski definition) is 1. The highest BCUT2D eigenvalue weighted by atomic mass is 15.1. The molecule has 0 bridgehead atoms. The number of nitrogens with two attached hydrogens (primary N) is 1. The lowest BCUT2D eigenvalue weighted by Gasteiger charge is -2.25. The maximum absolute atomic E-state index is 6.61. The van der Waals surface area contributed by atoms with Crippen molar-refractivity contribution in [3.63, 3.8) is 0 Å². The van der Waals surface area contributed by atoms with Gasteiger partial charge in [-0.15, -0.1) is 0 Å². The quantitative estimate of drug-likeness (QED) is 0.340. The van der Waals surface area contributed by atoms with Gasteiger partial charge >= 0.3 is 0 Å². The van der Waals surface area contributed by atoms with Crippen LogP contribution in [0.4, 0.5) is 11.4 Å². The zero-order chi connectivity index (χ0) is 20.5. The standard InChI is InChI=1S/C28H24N2/c1-30(19-20-9-3-2-4-10-20)26-18-16-22-12-6-8-14-24(22)28(26)27-23-13-7-5-11-21(23)15-17-25(27)29/h2-18H,19,29H2,1H3. The van der Waals surface area contributed by atoms with E-state index in [1.165, 1.54) is 38.4 Å². The van der Waals surface area contributed by atoms with E-state index in [2.05, 4.69) is 109 Å². The predicted molar refractivity (Wildman–Crippen MR) is 130 cm³/mol. The molecule has 0 unspecified atom stereocenters. The molecule has 0 saturated heterocycles. The number of benzene rings is 5. The van der Waals surface area contributed by atoms with E-state index in [1.807, 2.05) is 6.07 Å². The summed E-state index contributed by atoms with van der Waals surface area (Å²) in [7, 11) is 2.15. The van der Waals surface area contributed by atoms with Crippen molar-refractivity contribution < 1.29 is 0 Å². The molecule has 0 fully saturated rings. The van der Waals surface area contributed by atoms with Gasteiger partial charge in [-0.25, -0.2) is 0 Å². The lowest BCUT2D eigenvalue weighted by Crippen LogP contribution is -2.17. The van der Waals surface area contributed by atoms with Crippen LogP contribution in [0.5, 0.6) is 0 Å². The van der Waals surface area contributed by atoms with Crippen molar-refractivity contribution in [3.8, 4) is 11.1 Å². The van der Waals surface area contributed by atoms with Gasteiger partial charge in [0.2, 0.25) is 0 Å². The fourth-order valence-electron chi connectivity index (χ4n) is 4.35. The summed E-state index contributed by atoms with van der Waals surface area (Å²) in [6.07, 6.45) is 0. The van der Waals surface area contributed by atoms with Gasteiger partial charge in [0.15, 0.2) is 0 Å². The van der Waals surface area contributed by atoms with Gasteiger partial charge in [0.1, 0.15) is 0 Å². The van der Waals surface area contributed by atoms with Gasteiger partial charge in [-0.3, -0.25) is 0 Å². The Morgan fingerprint density at radius 3 is 1.87 bits per heavy atom. The molecule has 0 aliphatic rings. The van der Waals surface area contributed by atoms with Crippen LogP contribution in [0.25, 0.3) is 32.7 Å². The van der Waals surface area contributed by atoms with Crippen molar-refractivity contribution in [2.24, 2.45) is 0 Å². The highest BCUT2D eigenvalue weighted by Crippen LogP contribution is 2.43. The molecular formula is C28H24N2. The molecule has 2 nitrogen and oxygen atoms in total. The number of fused-ring (bicyclic) bond motifs is 2. The van der Waals surface area contributed by atoms with E-state index in [4.69, 9.17) is 5.73 Å². The van der Waals surface area contributed by atoms with Crippen LogP contribution in [0.1, 0.15) is 5.56 Å². The van der Waals surface area contributed by atoms with Gasteiger partial charge in [-0.05, 0) is 39.2 Å². The molecule has 2 heteroatoms. The molecule has 0 spiro atoms. The highest BCUT2D eigenvalue weighted by molar-refractivity contribution is 6.13. The minimum Gasteiger partial charge on any atom is -0.398 e. The van der Waals surface area contributed by atoms with E-state index < -0.39 is 0 Å². The lowest BCUT2D eigenvalue weighted by molar-refractivity contribution is 0.925. The van der Waals surface area contributed by atoms with Gasteiger partial charge in [-0.2, -0.15) is 0 Å². The van der Waals surface area contributed by atoms with Crippen molar-refractivity contribution >= 4 is 32.9 Å². The third-order valence-corrected chi connectivity index (χ3v) is 5.79. The summed E-state index contributed by atoms with van der Waals surface area (Å²) in [4.78, 5) is 2.32. The van der Waals surface area contributed by atoms with E-state index in [9.17, 15) is 0 Å². The first kappa shape index (κ1) is 18.3. The molecule has 0 saturated carbocycles. The first-order valence-electron chi connectivity index (χ1n) is 10.3. The van der Waals surface area contributed by atoms with E-state index in [0.717, 1.165) is 17.8 Å². The molecule has 5 aromatic carbocycles. The topological polar surface area (TPSA) is 29.3 Å². The molecule has 0 aliphatic carbocycles. The van der Waals surface area contributed by atoms with Crippen LogP contribution >= 0.6 is 0 Å². The van der Waals surface area contributed by atoms with Crippen LogP contribution in [-0.2, 0) is 6.54 Å². The van der Waals surface area contributed by atoms with E-state index in [0.29, 0.717) is 0 Å². The molecular weight excluding hydrogens is 364 g/mol. The minimum absolute atomic E-state index is 0.805. The van der Waals surface area contributed by atoms with Crippen molar-refractivity contribution in [2.75, 3.05) is 17.7 Å². The molecule has 2 N–H and O–H groups in total. The zero-order valence-corrected chi connectivity index (χ0v) is 17.0. The second kappa shape index (κ2) is 7.57. The molecule has 5 aromatic rings. The number of nitrogen functional groups attached to an aromatic ring is 1. The summed E-state index contributed by atoms with van der Waals surface area (Å²) >= 11 is 0. The summed E-state index contributed by atoms with van der Waals surface area (Å²) in [5, 5.41) is 4.82. The Balaban J connectivity index is 1.79. The summed E-state index contributed by atoms with van der Waals surface area (Å²) < 4.78 is 0. The third kappa shape index (κ3) is 3.17. The summed E-state index contributed by atoms with van der Waals surface area (Å²) in [6.45, 7) is 0.830. The van der Waals surface area contributed by atoms with Crippen molar-refractivity contribution in [1.29, 1.82) is 0 Å². The average molecular weight is 389 g/mol. The fraction of sp³-hybridized carbons (Fsp3) is 0.0714. The molecule has 0 amide bonds. The molecule has 146 valence electrons. The van der Waals surface area contributed by atoms with Crippen LogP contribution in [-0.4, -0.2) is 7.05 Å². The summed E-state index contributed by atoms with van der Waals surface area (Å²) in [6, 6.07) is 36.2. The molecule has 0 aliphatic heterocycles. The highest BCUT2D eigenvalue weighted by Gasteiger charge is 2.18. The van der Waals surface area contributed by atoms with Crippen LogP contribution < -0.4 is 10.6 Å². The molecule has 30 heavy (non-hydrogen) atoms. The monoisotopic (exact) mass is 388 g/mol. The molecule has 0 radical (unpaired) electrons. The summed E-state index contributed by atoms with van der Waals surface area (Å²) in [5.41, 5.74) is 12.2. The van der Waals surface area contributed by atoms with Gasteiger partial charge in [0, 0.05) is 36.1 Å². The molecule has 5 rings (SSSR count). The summed E-state index contributed by atoms with van der Waals surface area (Å²) in [5.74, 6) is 0. The second-order valence-corrected chi connectivity index (χ2v) is 7.77. The normalized spacial score (nSPS) is 11.1. The van der Waals surface area contributed by atoms with Gasteiger partial charge in [-0.1, -0.05) is 91.0 Å². The number of nitrogens with zero attached hydrogens (tertiary/aromatic N) is 1. The Morgan fingerprint density at radius 2 is 1.17 bits per heavy atom. The van der Waals surface area contributed by atoms with E-state index in [-0.39, 0.29) is 0 Å². The van der Waals surface area contributed by atoms with Crippen LogP contribution in [0.15, 0.2) is 103 Å². The Kier molecular flexibility index (Phi) is 4.61. The van der Waals surface area contributed by atoms with Crippen LogP contribution in [0.2, 0.25) is 0 Å². The van der Waals surface area contributed by atoms with Crippen LogP contribution in [0, 0.1) is 0 Å². The largest absolute Gasteiger partial charge is 0.398 e. The average Bonchev–Trinajstić information content (AvgIpc) is 2.79. The number of anilines is 2. The molecule has 0 atom stereocenters. The van der Waals surface area contributed by atoms with Gasteiger partial charge in [0.05, 0.1) is 0 Å². The van der Waals surface area contributed by atoms with Crippen molar-refractivity contribution in [2.45, 2.75) is 6.54 Å². The third-order valence-electron chi connectivity index (χ3n) is 5.79. The first-order valence-corrected chi connectivity index (χ1v) is 10.3. The van der Waals surface area contributed by atoms with Gasteiger partial charge in [0.25, 0.3) is 0 Å². The smallest absolute Gasteiger partial charge is 0.0453 e. The second-order valence-electron chi connectivity index (χ2n) is 7.77. The Hall–Kier alpha value is -3.78. The van der Waals surface area contributed by atoms with E-state index >= 15 is 0 Å². The lowest BCUT2D eigenvalue weighted by atomic mass is 9.90. The zero-order valence-electron chi connectivity index (χ0n) is 17.0. The predicted octanol–water partition coefficient (Wildman–Crippen LogP) is 6.88. The van der Waals surface area contributed by atoms with Crippen molar-refractivity contribution in [1.82, 2.24) is 0 Å². The maximum Gasteiger partial charge on any atom is 0.0453 e. The Morgan fingerprint density at radius 1 is 0.600 bits per heavy atom. The maximum atomic E-state index is 6.61. The molecule has 0 aromatic heterocycles. The number of rotatable bonds is 4. The van der Waals surface area contributed by atoms with E-state index in [1.54, 1.807) is 0 Å². The SMILES string of the molecule is CN(Cc1ccccc1)c1ccc2ccccc2c1-c1c(N)ccc2ccccc12. The van der Waals surface area contributed by atoms with Crippen molar-refractivity contribution in [3.05, 3.63) is 109 Å². The minimum atomic E-state index is 0.805. The Bertz CT molecular complexity index is 1340. The first-order chi connectivity index (χ1) is 14.7.